The fourth-order valence-electron chi connectivity index (χ4n) is 2.14. The fraction of sp³-hybridized carbons (Fsp3) is 0.333. The zero-order valence-electron chi connectivity index (χ0n) is 13.5. The molecule has 1 N–H and O–H groups in total. The third kappa shape index (κ3) is 5.39. The molecule has 0 saturated carbocycles. The molecule has 1 aromatic carbocycles. The van der Waals surface area contributed by atoms with Crippen LogP contribution in [-0.4, -0.2) is 17.5 Å². The minimum absolute atomic E-state index is 0.242. The van der Waals surface area contributed by atoms with Crippen LogP contribution in [0.3, 0.4) is 0 Å². The first kappa shape index (κ1) is 18.6. The van der Waals surface area contributed by atoms with Crippen LogP contribution in [0.2, 0.25) is 10.0 Å². The number of ether oxygens (including phenoxy) is 1. The van der Waals surface area contributed by atoms with Crippen LogP contribution in [0.25, 0.3) is 0 Å². The van der Waals surface area contributed by atoms with Crippen LogP contribution in [0.5, 0.6) is 5.75 Å². The Morgan fingerprint density at radius 3 is 2.46 bits per heavy atom. The van der Waals surface area contributed by atoms with Crippen molar-refractivity contribution in [3.05, 3.63) is 57.8 Å². The number of amides is 1. The third-order valence-corrected chi connectivity index (χ3v) is 4.02. The second-order valence-electron chi connectivity index (χ2n) is 5.36. The first-order valence-corrected chi connectivity index (χ1v) is 8.66. The topological polar surface area (TPSA) is 51.2 Å². The van der Waals surface area contributed by atoms with Gasteiger partial charge in [0.05, 0.1) is 16.7 Å². The number of aromatic nitrogens is 1. The fourth-order valence-corrected chi connectivity index (χ4v) is 2.74. The average Bonchev–Trinajstić information content (AvgIpc) is 2.59. The van der Waals surface area contributed by atoms with Crippen molar-refractivity contribution in [3.63, 3.8) is 0 Å². The molecule has 0 unspecified atom stereocenters. The minimum Gasteiger partial charge on any atom is -0.490 e. The van der Waals surface area contributed by atoms with Crippen LogP contribution in [0, 0.1) is 0 Å². The smallest absolute Gasteiger partial charge is 0.251 e. The van der Waals surface area contributed by atoms with Gasteiger partial charge in [0, 0.05) is 24.5 Å². The lowest BCUT2D eigenvalue weighted by Gasteiger charge is -2.12. The molecule has 0 aliphatic rings. The van der Waals surface area contributed by atoms with Gasteiger partial charge < -0.3 is 10.1 Å². The molecule has 1 amide bonds. The monoisotopic (exact) mass is 366 g/mol. The molecule has 0 atom stereocenters. The van der Waals surface area contributed by atoms with E-state index in [1.807, 2.05) is 12.1 Å². The molecule has 0 saturated heterocycles. The Bertz CT molecular complexity index is 655. The van der Waals surface area contributed by atoms with E-state index in [-0.39, 0.29) is 5.91 Å². The predicted molar refractivity (Wildman–Crippen MR) is 96.9 cm³/mol. The Labute approximate surface area is 152 Å². The van der Waals surface area contributed by atoms with Crippen LogP contribution in [0.1, 0.15) is 42.1 Å². The molecule has 1 aromatic heterocycles. The summed E-state index contributed by atoms with van der Waals surface area (Å²) >= 11 is 12.4. The molecule has 0 aliphatic carbocycles. The van der Waals surface area contributed by atoms with Gasteiger partial charge in [-0.15, -0.1) is 0 Å². The number of pyridine rings is 1. The maximum absolute atomic E-state index is 12.2. The van der Waals surface area contributed by atoms with E-state index in [1.165, 1.54) is 0 Å². The van der Waals surface area contributed by atoms with Gasteiger partial charge >= 0.3 is 0 Å². The quantitative estimate of drug-likeness (QED) is 0.676. The predicted octanol–water partition coefficient (Wildman–Crippen LogP) is 4.89. The summed E-state index contributed by atoms with van der Waals surface area (Å²) in [4.78, 5) is 16.2. The third-order valence-electron chi connectivity index (χ3n) is 3.46. The van der Waals surface area contributed by atoms with Gasteiger partial charge in [-0.2, -0.15) is 0 Å². The molecule has 24 heavy (non-hydrogen) atoms. The zero-order chi connectivity index (χ0) is 17.4. The zero-order valence-corrected chi connectivity index (χ0v) is 15.0. The number of hydrogen-bond donors (Lipinski definition) is 1. The van der Waals surface area contributed by atoms with Crippen molar-refractivity contribution < 1.29 is 9.53 Å². The number of halogens is 2. The highest BCUT2D eigenvalue weighted by Crippen LogP contribution is 2.34. The maximum Gasteiger partial charge on any atom is 0.251 e. The highest BCUT2D eigenvalue weighted by atomic mass is 35.5. The average molecular weight is 367 g/mol. The van der Waals surface area contributed by atoms with E-state index in [2.05, 4.69) is 17.2 Å². The number of nitrogens with zero attached hydrogens (tertiary/aromatic N) is 1. The number of nitrogens with one attached hydrogen (secondary N) is 1. The van der Waals surface area contributed by atoms with E-state index >= 15 is 0 Å². The highest BCUT2D eigenvalue weighted by molar-refractivity contribution is 6.37. The van der Waals surface area contributed by atoms with Gasteiger partial charge in [0.25, 0.3) is 5.91 Å². The van der Waals surface area contributed by atoms with Gasteiger partial charge in [0.15, 0.2) is 5.75 Å². The van der Waals surface area contributed by atoms with E-state index in [9.17, 15) is 4.79 Å². The summed E-state index contributed by atoms with van der Waals surface area (Å²) in [6, 6.07) is 6.83. The number of benzene rings is 1. The number of hydrogen-bond acceptors (Lipinski definition) is 3. The van der Waals surface area contributed by atoms with E-state index in [0.29, 0.717) is 34.5 Å². The molecule has 2 rings (SSSR count). The molecule has 6 heteroatoms. The molecule has 0 spiro atoms. The van der Waals surface area contributed by atoms with Crippen LogP contribution in [0.15, 0.2) is 36.7 Å². The van der Waals surface area contributed by atoms with E-state index < -0.39 is 0 Å². The van der Waals surface area contributed by atoms with E-state index in [4.69, 9.17) is 27.9 Å². The van der Waals surface area contributed by atoms with Gasteiger partial charge in [-0.1, -0.05) is 43.0 Å². The molecular weight excluding hydrogens is 347 g/mol. The number of rotatable bonds is 8. The Morgan fingerprint density at radius 2 is 1.83 bits per heavy atom. The lowest BCUT2D eigenvalue weighted by atomic mass is 10.2. The highest BCUT2D eigenvalue weighted by Gasteiger charge is 2.14. The van der Waals surface area contributed by atoms with Gasteiger partial charge in [0.1, 0.15) is 0 Å². The summed E-state index contributed by atoms with van der Waals surface area (Å²) in [5, 5.41) is 3.51. The van der Waals surface area contributed by atoms with Crippen molar-refractivity contribution in [1.82, 2.24) is 10.3 Å². The number of carbonyl (C=O) groups excluding carboxylic acids is 1. The van der Waals surface area contributed by atoms with Crippen molar-refractivity contribution in [1.29, 1.82) is 0 Å². The first-order valence-electron chi connectivity index (χ1n) is 7.90. The summed E-state index contributed by atoms with van der Waals surface area (Å²) in [5.41, 5.74) is 1.37. The Hall–Kier alpha value is -1.78. The van der Waals surface area contributed by atoms with Crippen LogP contribution in [-0.2, 0) is 6.54 Å². The minimum atomic E-state index is -0.242. The standard InChI is InChI=1S/C18H20Cl2N2O2/c1-2-3-4-9-24-17-15(19)10-14(11-16(17)20)18(23)22-12-13-5-7-21-8-6-13/h5-8,10-11H,2-4,9,12H2,1H3,(H,22,23). The van der Waals surface area contributed by atoms with Crippen molar-refractivity contribution in [3.8, 4) is 5.75 Å². The summed E-state index contributed by atoms with van der Waals surface area (Å²) in [6.07, 6.45) is 6.50. The van der Waals surface area contributed by atoms with E-state index in [0.717, 1.165) is 24.8 Å². The van der Waals surface area contributed by atoms with Gasteiger partial charge in [-0.3, -0.25) is 9.78 Å². The van der Waals surface area contributed by atoms with Crippen molar-refractivity contribution >= 4 is 29.1 Å². The largest absolute Gasteiger partial charge is 0.490 e. The molecule has 0 aliphatic heterocycles. The second-order valence-corrected chi connectivity index (χ2v) is 6.18. The normalized spacial score (nSPS) is 10.5. The SMILES string of the molecule is CCCCCOc1c(Cl)cc(C(=O)NCc2ccncc2)cc1Cl. The Kier molecular flexibility index (Phi) is 7.35. The summed E-state index contributed by atoms with van der Waals surface area (Å²) in [7, 11) is 0. The van der Waals surface area contributed by atoms with Gasteiger partial charge in [0.2, 0.25) is 0 Å². The molecule has 0 fully saturated rings. The molecule has 128 valence electrons. The van der Waals surface area contributed by atoms with Gasteiger partial charge in [-0.05, 0) is 36.2 Å². The van der Waals surface area contributed by atoms with Crippen LogP contribution >= 0.6 is 23.2 Å². The van der Waals surface area contributed by atoms with Crippen molar-refractivity contribution in [2.75, 3.05) is 6.61 Å². The first-order chi connectivity index (χ1) is 11.6. The molecule has 0 radical (unpaired) electrons. The van der Waals surface area contributed by atoms with Crippen molar-refractivity contribution in [2.45, 2.75) is 32.7 Å². The summed E-state index contributed by atoms with van der Waals surface area (Å²) in [6.45, 7) is 3.09. The molecular formula is C18H20Cl2N2O2. The Balaban J connectivity index is 1.99. The van der Waals surface area contributed by atoms with Crippen molar-refractivity contribution in [2.24, 2.45) is 0 Å². The molecule has 2 aromatic rings. The van der Waals surface area contributed by atoms with E-state index in [1.54, 1.807) is 24.5 Å². The van der Waals surface area contributed by atoms with Crippen LogP contribution in [0.4, 0.5) is 0 Å². The number of unbranched alkanes of at least 4 members (excludes halogenated alkanes) is 2. The maximum atomic E-state index is 12.2. The molecule has 0 bridgehead atoms. The lowest BCUT2D eigenvalue weighted by molar-refractivity contribution is 0.0951. The van der Waals surface area contributed by atoms with Crippen LogP contribution < -0.4 is 10.1 Å². The lowest BCUT2D eigenvalue weighted by Crippen LogP contribution is -2.22. The molecule has 1 heterocycles. The number of carbonyl (C=O) groups is 1. The Morgan fingerprint density at radius 1 is 1.17 bits per heavy atom. The second kappa shape index (κ2) is 9.50. The van der Waals surface area contributed by atoms with Gasteiger partial charge in [-0.25, -0.2) is 0 Å². The summed E-state index contributed by atoms with van der Waals surface area (Å²) in [5.74, 6) is 0.188. The summed E-state index contributed by atoms with van der Waals surface area (Å²) < 4.78 is 5.63. The molecule has 4 nitrogen and oxygen atoms in total.